The maximum Gasteiger partial charge on any atom is 0.229 e. The molecule has 21 heavy (non-hydrogen) atoms. The fourth-order valence-corrected chi connectivity index (χ4v) is 3.27. The molecular formula is C15H16BrClN2O2. The highest BCUT2D eigenvalue weighted by molar-refractivity contribution is 9.10. The molecule has 1 atom stereocenters. The summed E-state index contributed by atoms with van der Waals surface area (Å²) in [5, 5.41) is 14.8. The number of aliphatic hydroxyl groups is 1. The van der Waals surface area contributed by atoms with Crippen LogP contribution in [0.4, 0.5) is 0 Å². The average molecular weight is 372 g/mol. The lowest BCUT2D eigenvalue weighted by molar-refractivity contribution is 0.102. The number of aromatic nitrogens is 2. The lowest BCUT2D eigenvalue weighted by Crippen LogP contribution is -2.20. The highest BCUT2D eigenvalue weighted by Gasteiger charge is 2.25. The molecule has 1 saturated carbocycles. The summed E-state index contributed by atoms with van der Waals surface area (Å²) in [6, 6.07) is 5.48. The van der Waals surface area contributed by atoms with Gasteiger partial charge in [0.2, 0.25) is 11.7 Å². The standard InChI is InChI=1S/C15H16BrClN2O2/c16-11-7-10(5-6-12(11)17)15-18-14(21-19-15)8-13(20)9-3-1-2-4-9/h5-7,9,13,20H,1-4,8H2. The lowest BCUT2D eigenvalue weighted by Gasteiger charge is -2.14. The highest BCUT2D eigenvalue weighted by Crippen LogP contribution is 2.30. The van der Waals surface area contributed by atoms with E-state index in [1.54, 1.807) is 6.07 Å². The predicted octanol–water partition coefficient (Wildman–Crippen LogP) is 4.25. The Labute approximate surface area is 136 Å². The molecule has 0 bridgehead atoms. The number of benzene rings is 1. The average Bonchev–Trinajstić information content (AvgIpc) is 3.12. The van der Waals surface area contributed by atoms with E-state index in [1.165, 1.54) is 12.8 Å². The van der Waals surface area contributed by atoms with Gasteiger partial charge >= 0.3 is 0 Å². The zero-order valence-electron chi connectivity index (χ0n) is 11.4. The summed E-state index contributed by atoms with van der Waals surface area (Å²) < 4.78 is 6.04. The Kier molecular flexibility index (Phi) is 4.62. The Hall–Kier alpha value is -0.910. The maximum absolute atomic E-state index is 10.2. The van der Waals surface area contributed by atoms with Gasteiger partial charge < -0.3 is 9.63 Å². The van der Waals surface area contributed by atoms with Gasteiger partial charge in [0.15, 0.2) is 0 Å². The number of halogens is 2. The fraction of sp³-hybridized carbons (Fsp3) is 0.467. The normalized spacial score (nSPS) is 17.3. The maximum atomic E-state index is 10.2. The molecule has 112 valence electrons. The minimum absolute atomic E-state index is 0.366. The molecule has 1 heterocycles. The van der Waals surface area contributed by atoms with E-state index in [-0.39, 0.29) is 0 Å². The smallest absolute Gasteiger partial charge is 0.229 e. The molecule has 0 aliphatic heterocycles. The summed E-state index contributed by atoms with van der Waals surface area (Å²) in [4.78, 5) is 4.36. The molecule has 1 N–H and O–H groups in total. The van der Waals surface area contributed by atoms with Crippen molar-refractivity contribution < 1.29 is 9.63 Å². The summed E-state index contributed by atoms with van der Waals surface area (Å²) in [5.74, 6) is 1.36. The third-order valence-electron chi connectivity index (χ3n) is 3.97. The quantitative estimate of drug-likeness (QED) is 0.873. The van der Waals surface area contributed by atoms with Crippen LogP contribution < -0.4 is 0 Å². The summed E-state index contributed by atoms with van der Waals surface area (Å²) >= 11 is 9.35. The Bertz CT molecular complexity index is 626. The van der Waals surface area contributed by atoms with E-state index in [1.807, 2.05) is 12.1 Å². The van der Waals surface area contributed by atoms with Crippen LogP contribution in [0, 0.1) is 5.92 Å². The predicted molar refractivity (Wildman–Crippen MR) is 84.1 cm³/mol. The van der Waals surface area contributed by atoms with Crippen molar-refractivity contribution in [1.82, 2.24) is 10.1 Å². The minimum Gasteiger partial charge on any atom is -0.392 e. The van der Waals surface area contributed by atoms with E-state index in [0.29, 0.717) is 29.1 Å². The molecule has 1 aliphatic carbocycles. The van der Waals surface area contributed by atoms with Crippen molar-refractivity contribution in [3.63, 3.8) is 0 Å². The number of nitrogens with zero attached hydrogens (tertiary/aromatic N) is 2. The van der Waals surface area contributed by atoms with Gasteiger partial charge in [-0.25, -0.2) is 0 Å². The van der Waals surface area contributed by atoms with E-state index in [0.717, 1.165) is 22.9 Å². The van der Waals surface area contributed by atoms with E-state index < -0.39 is 6.10 Å². The Balaban J connectivity index is 1.72. The zero-order chi connectivity index (χ0) is 14.8. The molecule has 0 amide bonds. The SMILES string of the molecule is OC(Cc1nc(-c2ccc(Cl)c(Br)c2)no1)C1CCCC1. The molecule has 0 spiro atoms. The van der Waals surface area contributed by atoms with Crippen LogP contribution in [-0.4, -0.2) is 21.4 Å². The lowest BCUT2D eigenvalue weighted by atomic mass is 9.98. The van der Waals surface area contributed by atoms with E-state index >= 15 is 0 Å². The molecule has 1 aromatic heterocycles. The van der Waals surface area contributed by atoms with Crippen molar-refractivity contribution in [2.75, 3.05) is 0 Å². The Morgan fingerprint density at radius 3 is 2.86 bits per heavy atom. The summed E-state index contributed by atoms with van der Waals surface area (Å²) in [5.41, 5.74) is 0.830. The Morgan fingerprint density at radius 2 is 2.14 bits per heavy atom. The molecule has 1 unspecified atom stereocenters. The van der Waals surface area contributed by atoms with Crippen LogP contribution in [-0.2, 0) is 6.42 Å². The third-order valence-corrected chi connectivity index (χ3v) is 5.19. The van der Waals surface area contributed by atoms with Crippen LogP contribution in [0.5, 0.6) is 0 Å². The molecule has 2 aromatic rings. The number of hydrogen-bond acceptors (Lipinski definition) is 4. The van der Waals surface area contributed by atoms with Gasteiger partial charge in [-0.3, -0.25) is 0 Å². The first-order valence-corrected chi connectivity index (χ1v) is 8.26. The first-order chi connectivity index (χ1) is 10.1. The van der Waals surface area contributed by atoms with Crippen LogP contribution in [0.3, 0.4) is 0 Å². The number of aliphatic hydroxyl groups excluding tert-OH is 1. The van der Waals surface area contributed by atoms with Crippen LogP contribution in [0.1, 0.15) is 31.6 Å². The van der Waals surface area contributed by atoms with Crippen molar-refractivity contribution >= 4 is 27.5 Å². The second kappa shape index (κ2) is 6.46. The topological polar surface area (TPSA) is 59.2 Å². The highest BCUT2D eigenvalue weighted by atomic mass is 79.9. The number of rotatable bonds is 4. The molecule has 3 rings (SSSR count). The van der Waals surface area contributed by atoms with Crippen molar-refractivity contribution in [2.24, 2.45) is 5.92 Å². The van der Waals surface area contributed by atoms with Crippen molar-refractivity contribution in [3.8, 4) is 11.4 Å². The van der Waals surface area contributed by atoms with Crippen LogP contribution in [0.25, 0.3) is 11.4 Å². The molecular weight excluding hydrogens is 356 g/mol. The molecule has 6 heteroatoms. The van der Waals surface area contributed by atoms with Crippen LogP contribution >= 0.6 is 27.5 Å². The molecule has 4 nitrogen and oxygen atoms in total. The Morgan fingerprint density at radius 1 is 1.38 bits per heavy atom. The van der Waals surface area contributed by atoms with Crippen molar-refractivity contribution in [1.29, 1.82) is 0 Å². The molecule has 0 saturated heterocycles. The van der Waals surface area contributed by atoms with E-state index in [2.05, 4.69) is 26.1 Å². The van der Waals surface area contributed by atoms with Gasteiger partial charge in [-0.1, -0.05) is 29.6 Å². The van der Waals surface area contributed by atoms with Gasteiger partial charge in [-0.05, 0) is 52.9 Å². The molecule has 1 aliphatic rings. The first-order valence-electron chi connectivity index (χ1n) is 7.09. The summed E-state index contributed by atoms with van der Waals surface area (Å²) in [6.45, 7) is 0. The van der Waals surface area contributed by atoms with Crippen molar-refractivity contribution in [2.45, 2.75) is 38.2 Å². The monoisotopic (exact) mass is 370 g/mol. The number of hydrogen-bond donors (Lipinski definition) is 1. The second-order valence-corrected chi connectivity index (χ2v) is 6.72. The molecule has 1 aromatic carbocycles. The van der Waals surface area contributed by atoms with Crippen molar-refractivity contribution in [3.05, 3.63) is 33.6 Å². The van der Waals surface area contributed by atoms with Gasteiger partial charge in [-0.2, -0.15) is 4.98 Å². The minimum atomic E-state index is -0.391. The van der Waals surface area contributed by atoms with E-state index in [4.69, 9.17) is 16.1 Å². The largest absolute Gasteiger partial charge is 0.392 e. The molecule has 1 fully saturated rings. The third kappa shape index (κ3) is 3.47. The van der Waals surface area contributed by atoms with Crippen LogP contribution in [0.2, 0.25) is 5.02 Å². The van der Waals surface area contributed by atoms with Crippen LogP contribution in [0.15, 0.2) is 27.2 Å². The van der Waals surface area contributed by atoms with Gasteiger partial charge in [0.25, 0.3) is 0 Å². The first kappa shape index (κ1) is 15.0. The fourth-order valence-electron chi connectivity index (χ4n) is 2.78. The zero-order valence-corrected chi connectivity index (χ0v) is 13.8. The summed E-state index contributed by atoms with van der Waals surface area (Å²) in [7, 11) is 0. The van der Waals surface area contributed by atoms with Gasteiger partial charge in [0, 0.05) is 10.0 Å². The van der Waals surface area contributed by atoms with E-state index in [9.17, 15) is 5.11 Å². The van der Waals surface area contributed by atoms with Gasteiger partial charge in [0.1, 0.15) is 0 Å². The second-order valence-electron chi connectivity index (χ2n) is 5.46. The molecule has 0 radical (unpaired) electrons. The van der Waals surface area contributed by atoms with Gasteiger partial charge in [0.05, 0.1) is 17.5 Å². The van der Waals surface area contributed by atoms with Gasteiger partial charge in [-0.15, -0.1) is 0 Å². The summed E-state index contributed by atoms with van der Waals surface area (Å²) in [6.07, 6.45) is 4.62.